The van der Waals surface area contributed by atoms with Crippen LogP contribution in [0.4, 0.5) is 0 Å². The first kappa shape index (κ1) is 13.8. The van der Waals surface area contributed by atoms with Gasteiger partial charge in [-0.2, -0.15) is 0 Å². The molecule has 2 unspecified atom stereocenters. The van der Waals surface area contributed by atoms with Crippen LogP contribution in [0.15, 0.2) is 0 Å². The summed E-state index contributed by atoms with van der Waals surface area (Å²) in [6.45, 7) is 2.88. The number of nitrogens with one attached hydrogen (secondary N) is 1. The van der Waals surface area contributed by atoms with Gasteiger partial charge in [0.05, 0.1) is 0 Å². The lowest BCUT2D eigenvalue weighted by atomic mass is 9.83. The number of rotatable bonds is 4. The zero-order valence-electron chi connectivity index (χ0n) is 11.4. The van der Waals surface area contributed by atoms with E-state index in [1.807, 2.05) is 6.92 Å². The lowest BCUT2D eigenvalue weighted by Gasteiger charge is -2.33. The molecular formula is C14H26N2O2. The zero-order valence-corrected chi connectivity index (χ0v) is 11.4. The van der Waals surface area contributed by atoms with E-state index in [0.29, 0.717) is 5.92 Å². The van der Waals surface area contributed by atoms with Gasteiger partial charge in [0.2, 0.25) is 0 Å². The fourth-order valence-corrected chi connectivity index (χ4v) is 3.20. The van der Waals surface area contributed by atoms with Crippen LogP contribution in [0.25, 0.3) is 0 Å². The lowest BCUT2D eigenvalue weighted by Crippen LogP contribution is -2.45. The number of nitrogens with two attached hydrogens (primary N) is 1. The van der Waals surface area contributed by atoms with Gasteiger partial charge in [-0.1, -0.05) is 19.3 Å². The molecule has 0 radical (unpaired) electrons. The summed E-state index contributed by atoms with van der Waals surface area (Å²) < 4.78 is 5.71. The number of ether oxygens (including phenoxy) is 1. The van der Waals surface area contributed by atoms with E-state index in [9.17, 15) is 4.79 Å². The summed E-state index contributed by atoms with van der Waals surface area (Å²) in [4.78, 5) is 12.1. The fraction of sp³-hybridized carbons (Fsp3) is 0.929. The molecular weight excluding hydrogens is 228 g/mol. The van der Waals surface area contributed by atoms with E-state index >= 15 is 0 Å². The monoisotopic (exact) mass is 254 g/mol. The van der Waals surface area contributed by atoms with Crippen LogP contribution in [0.1, 0.15) is 51.9 Å². The fourth-order valence-electron chi connectivity index (χ4n) is 3.20. The maximum atomic E-state index is 12.1. The largest absolute Gasteiger partial charge is 0.459 e. The summed E-state index contributed by atoms with van der Waals surface area (Å²) >= 11 is 0. The first-order chi connectivity index (χ1) is 8.68. The summed E-state index contributed by atoms with van der Waals surface area (Å²) in [7, 11) is 0. The maximum Gasteiger partial charge on any atom is 0.323 e. The van der Waals surface area contributed by atoms with E-state index in [-0.39, 0.29) is 24.2 Å². The minimum atomic E-state index is -0.102. The number of hydrogen-bond donors (Lipinski definition) is 2. The number of hydrogen-bond acceptors (Lipinski definition) is 4. The summed E-state index contributed by atoms with van der Waals surface area (Å²) in [5, 5.41) is 3.19. The van der Waals surface area contributed by atoms with Crippen LogP contribution in [-0.4, -0.2) is 30.7 Å². The molecule has 1 aliphatic heterocycles. The van der Waals surface area contributed by atoms with Crippen LogP contribution in [0.5, 0.6) is 0 Å². The highest BCUT2D eigenvalue weighted by atomic mass is 16.5. The molecule has 1 saturated heterocycles. The van der Waals surface area contributed by atoms with Crippen LogP contribution in [0, 0.1) is 5.92 Å². The molecule has 18 heavy (non-hydrogen) atoms. The minimum Gasteiger partial charge on any atom is -0.459 e. The molecule has 0 aromatic carbocycles. The Labute approximate surface area is 110 Å². The van der Waals surface area contributed by atoms with Crippen LogP contribution < -0.4 is 11.1 Å². The van der Waals surface area contributed by atoms with Crippen molar-refractivity contribution in [2.75, 3.05) is 6.54 Å². The quantitative estimate of drug-likeness (QED) is 0.748. The molecule has 2 fully saturated rings. The second-order valence-electron chi connectivity index (χ2n) is 5.81. The molecule has 3 atom stereocenters. The van der Waals surface area contributed by atoms with Crippen molar-refractivity contribution in [2.24, 2.45) is 11.7 Å². The average Bonchev–Trinajstić information content (AvgIpc) is 2.90. The van der Waals surface area contributed by atoms with Crippen LogP contribution >= 0.6 is 0 Å². The van der Waals surface area contributed by atoms with Crippen molar-refractivity contribution in [3.8, 4) is 0 Å². The van der Waals surface area contributed by atoms with Gasteiger partial charge in [0.1, 0.15) is 12.1 Å². The van der Waals surface area contributed by atoms with E-state index in [2.05, 4.69) is 5.32 Å². The van der Waals surface area contributed by atoms with Crippen molar-refractivity contribution in [3.63, 3.8) is 0 Å². The predicted molar refractivity (Wildman–Crippen MR) is 71.1 cm³/mol. The van der Waals surface area contributed by atoms with Crippen molar-refractivity contribution >= 4 is 5.97 Å². The predicted octanol–water partition coefficient (Wildman–Crippen LogP) is 1.58. The van der Waals surface area contributed by atoms with E-state index < -0.39 is 0 Å². The zero-order chi connectivity index (χ0) is 13.0. The van der Waals surface area contributed by atoms with Crippen LogP contribution in [-0.2, 0) is 9.53 Å². The molecule has 0 aromatic rings. The SMILES string of the molecule is CC(N)C(OC(=O)[C@@H]1CCCN1)C1CCCCC1. The van der Waals surface area contributed by atoms with E-state index in [4.69, 9.17) is 10.5 Å². The normalized spacial score (nSPS) is 28.9. The van der Waals surface area contributed by atoms with Gasteiger partial charge in [0, 0.05) is 6.04 Å². The number of carbonyl (C=O) groups excluding carboxylic acids is 1. The van der Waals surface area contributed by atoms with Crippen molar-refractivity contribution in [1.82, 2.24) is 5.32 Å². The van der Waals surface area contributed by atoms with Crippen molar-refractivity contribution in [1.29, 1.82) is 0 Å². The van der Waals surface area contributed by atoms with Gasteiger partial charge in [-0.15, -0.1) is 0 Å². The Morgan fingerprint density at radius 1 is 1.22 bits per heavy atom. The Hall–Kier alpha value is -0.610. The molecule has 2 aliphatic rings. The van der Waals surface area contributed by atoms with Crippen molar-refractivity contribution in [2.45, 2.75) is 70.1 Å². The second kappa shape index (κ2) is 6.53. The minimum absolute atomic E-state index is 0.0709. The third kappa shape index (κ3) is 3.45. The number of carbonyl (C=O) groups is 1. The molecule has 0 spiro atoms. The van der Waals surface area contributed by atoms with Gasteiger partial charge in [-0.3, -0.25) is 4.79 Å². The Morgan fingerprint density at radius 3 is 2.50 bits per heavy atom. The molecule has 1 heterocycles. The van der Waals surface area contributed by atoms with Gasteiger partial charge in [0.15, 0.2) is 0 Å². The highest BCUT2D eigenvalue weighted by Gasteiger charge is 2.32. The highest BCUT2D eigenvalue weighted by molar-refractivity contribution is 5.76. The highest BCUT2D eigenvalue weighted by Crippen LogP contribution is 2.29. The molecule has 104 valence electrons. The molecule has 0 bridgehead atoms. The Morgan fingerprint density at radius 2 is 1.94 bits per heavy atom. The summed E-state index contributed by atoms with van der Waals surface area (Å²) in [6.07, 6.45) is 7.96. The molecule has 2 rings (SSSR count). The number of esters is 1. The van der Waals surface area contributed by atoms with Crippen LogP contribution in [0.3, 0.4) is 0 Å². The van der Waals surface area contributed by atoms with Crippen molar-refractivity contribution in [3.05, 3.63) is 0 Å². The first-order valence-corrected chi connectivity index (χ1v) is 7.38. The van der Waals surface area contributed by atoms with Gasteiger partial charge in [-0.05, 0) is 45.1 Å². The molecule has 0 amide bonds. The Balaban J connectivity index is 1.90. The third-order valence-electron chi connectivity index (χ3n) is 4.23. The molecule has 0 aromatic heterocycles. The Kier molecular flexibility index (Phi) is 5.01. The van der Waals surface area contributed by atoms with E-state index in [1.54, 1.807) is 0 Å². The maximum absolute atomic E-state index is 12.1. The first-order valence-electron chi connectivity index (χ1n) is 7.38. The topological polar surface area (TPSA) is 64.3 Å². The standard InChI is InChI=1S/C14H26N2O2/c1-10(15)13(11-6-3-2-4-7-11)18-14(17)12-8-5-9-16-12/h10-13,16H,2-9,15H2,1H3/t10?,12-,13?/m0/s1. The Bertz CT molecular complexity index is 269. The van der Waals surface area contributed by atoms with Crippen LogP contribution in [0.2, 0.25) is 0 Å². The van der Waals surface area contributed by atoms with E-state index in [0.717, 1.165) is 32.2 Å². The summed E-state index contributed by atoms with van der Waals surface area (Å²) in [5.74, 6) is 0.365. The van der Waals surface area contributed by atoms with Gasteiger partial charge >= 0.3 is 5.97 Å². The lowest BCUT2D eigenvalue weighted by molar-refractivity contribution is -0.156. The van der Waals surface area contributed by atoms with E-state index in [1.165, 1.54) is 19.3 Å². The average molecular weight is 254 g/mol. The third-order valence-corrected chi connectivity index (χ3v) is 4.23. The molecule has 1 saturated carbocycles. The van der Waals surface area contributed by atoms with Gasteiger partial charge in [-0.25, -0.2) is 0 Å². The summed E-state index contributed by atoms with van der Waals surface area (Å²) in [6, 6.07) is -0.173. The molecule has 3 N–H and O–H groups in total. The second-order valence-corrected chi connectivity index (χ2v) is 5.81. The van der Waals surface area contributed by atoms with Gasteiger partial charge in [0.25, 0.3) is 0 Å². The smallest absolute Gasteiger partial charge is 0.323 e. The van der Waals surface area contributed by atoms with Gasteiger partial charge < -0.3 is 15.8 Å². The van der Waals surface area contributed by atoms with Crippen molar-refractivity contribution < 1.29 is 9.53 Å². The molecule has 4 heteroatoms. The summed E-state index contributed by atoms with van der Waals surface area (Å²) in [5.41, 5.74) is 6.02. The molecule has 4 nitrogen and oxygen atoms in total. The molecule has 1 aliphatic carbocycles.